The standard InChI is InChI=1S/C16H17N5O/c1-10-13(18-12-5-3-2-4-11(12)16(10)22)8-14-19-15-9-17-6-7-21(15)20-14/h2-5,17H,6-9H2,1H3,(H,18,22). The largest absolute Gasteiger partial charge is 0.358 e. The van der Waals surface area contributed by atoms with Crippen LogP contribution in [0.15, 0.2) is 29.1 Å². The second kappa shape index (κ2) is 5.06. The van der Waals surface area contributed by atoms with Gasteiger partial charge in [0.15, 0.2) is 11.3 Å². The highest BCUT2D eigenvalue weighted by Crippen LogP contribution is 2.14. The first kappa shape index (κ1) is 13.2. The second-order valence-electron chi connectivity index (χ2n) is 5.62. The van der Waals surface area contributed by atoms with Crippen LogP contribution in [-0.2, 0) is 19.5 Å². The number of hydrogen-bond donors (Lipinski definition) is 2. The minimum absolute atomic E-state index is 0.0787. The smallest absolute Gasteiger partial charge is 0.192 e. The summed E-state index contributed by atoms with van der Waals surface area (Å²) in [5.41, 5.74) is 2.57. The molecule has 2 N–H and O–H groups in total. The zero-order valence-electron chi connectivity index (χ0n) is 12.4. The normalized spacial score (nSPS) is 14.2. The Hall–Kier alpha value is -2.47. The highest BCUT2D eigenvalue weighted by atomic mass is 16.1. The van der Waals surface area contributed by atoms with E-state index >= 15 is 0 Å². The van der Waals surface area contributed by atoms with E-state index in [9.17, 15) is 4.79 Å². The Bertz CT molecular complexity index is 885. The number of rotatable bonds is 2. The molecule has 6 heteroatoms. The summed E-state index contributed by atoms with van der Waals surface area (Å²) >= 11 is 0. The van der Waals surface area contributed by atoms with Crippen LogP contribution in [0.2, 0.25) is 0 Å². The van der Waals surface area contributed by atoms with Gasteiger partial charge in [-0.1, -0.05) is 12.1 Å². The van der Waals surface area contributed by atoms with Crippen molar-refractivity contribution in [2.75, 3.05) is 6.54 Å². The molecule has 0 saturated heterocycles. The van der Waals surface area contributed by atoms with E-state index in [-0.39, 0.29) is 5.43 Å². The number of H-pyrrole nitrogens is 1. The lowest BCUT2D eigenvalue weighted by Gasteiger charge is -2.11. The van der Waals surface area contributed by atoms with Crippen molar-refractivity contribution in [2.45, 2.75) is 26.4 Å². The average Bonchev–Trinajstić information content (AvgIpc) is 2.95. The van der Waals surface area contributed by atoms with E-state index in [1.807, 2.05) is 35.9 Å². The van der Waals surface area contributed by atoms with E-state index in [2.05, 4.69) is 20.4 Å². The van der Waals surface area contributed by atoms with Crippen molar-refractivity contribution < 1.29 is 0 Å². The van der Waals surface area contributed by atoms with Gasteiger partial charge in [-0.2, -0.15) is 5.10 Å². The minimum atomic E-state index is 0.0787. The average molecular weight is 295 g/mol. The Balaban J connectivity index is 1.76. The Labute approximate surface area is 127 Å². The van der Waals surface area contributed by atoms with Gasteiger partial charge in [0.2, 0.25) is 0 Å². The number of hydrogen-bond acceptors (Lipinski definition) is 4. The van der Waals surface area contributed by atoms with Crippen LogP contribution in [0.5, 0.6) is 0 Å². The van der Waals surface area contributed by atoms with Crippen molar-refractivity contribution in [3.8, 4) is 0 Å². The second-order valence-corrected chi connectivity index (χ2v) is 5.62. The lowest BCUT2D eigenvalue weighted by Crippen LogP contribution is -2.28. The van der Waals surface area contributed by atoms with E-state index in [1.165, 1.54) is 0 Å². The Morgan fingerprint density at radius 3 is 3.05 bits per heavy atom. The molecule has 0 atom stereocenters. The molecule has 22 heavy (non-hydrogen) atoms. The third-order valence-corrected chi connectivity index (χ3v) is 4.16. The van der Waals surface area contributed by atoms with Gasteiger partial charge in [0.05, 0.1) is 19.5 Å². The SMILES string of the molecule is Cc1c(Cc2nc3n(n2)CCNC3)[nH]c2ccccc2c1=O. The van der Waals surface area contributed by atoms with Crippen LogP contribution < -0.4 is 10.7 Å². The van der Waals surface area contributed by atoms with Crippen molar-refractivity contribution >= 4 is 10.9 Å². The maximum absolute atomic E-state index is 12.5. The zero-order chi connectivity index (χ0) is 15.1. The fourth-order valence-electron chi connectivity index (χ4n) is 2.92. The summed E-state index contributed by atoms with van der Waals surface area (Å²) in [5.74, 6) is 1.72. The molecule has 0 saturated carbocycles. The van der Waals surface area contributed by atoms with Crippen LogP contribution >= 0.6 is 0 Å². The molecule has 2 aromatic heterocycles. The van der Waals surface area contributed by atoms with Gasteiger partial charge in [-0.3, -0.25) is 4.79 Å². The summed E-state index contributed by atoms with van der Waals surface area (Å²) in [6.07, 6.45) is 0.548. The molecular weight excluding hydrogens is 278 g/mol. The lowest BCUT2D eigenvalue weighted by molar-refractivity contribution is 0.467. The monoisotopic (exact) mass is 295 g/mol. The molecule has 112 valence electrons. The van der Waals surface area contributed by atoms with Gasteiger partial charge in [-0.25, -0.2) is 9.67 Å². The molecule has 0 aliphatic carbocycles. The van der Waals surface area contributed by atoms with Crippen LogP contribution in [0.1, 0.15) is 22.9 Å². The van der Waals surface area contributed by atoms with Crippen molar-refractivity contribution in [3.05, 3.63) is 57.4 Å². The minimum Gasteiger partial charge on any atom is -0.358 e. The number of aromatic amines is 1. The summed E-state index contributed by atoms with van der Waals surface area (Å²) in [6.45, 7) is 4.37. The summed E-state index contributed by atoms with van der Waals surface area (Å²) in [6, 6.07) is 7.59. The van der Waals surface area contributed by atoms with Gasteiger partial charge in [0.1, 0.15) is 5.82 Å². The van der Waals surface area contributed by atoms with E-state index in [1.54, 1.807) is 0 Å². The van der Waals surface area contributed by atoms with Crippen molar-refractivity contribution in [3.63, 3.8) is 0 Å². The number of aromatic nitrogens is 4. The van der Waals surface area contributed by atoms with E-state index in [0.29, 0.717) is 6.42 Å². The first-order chi connectivity index (χ1) is 10.7. The van der Waals surface area contributed by atoms with E-state index < -0.39 is 0 Å². The van der Waals surface area contributed by atoms with Gasteiger partial charge in [-0.15, -0.1) is 0 Å². The molecule has 1 aromatic carbocycles. The lowest BCUT2D eigenvalue weighted by atomic mass is 10.1. The molecule has 3 heterocycles. The van der Waals surface area contributed by atoms with Crippen LogP contribution in [0.4, 0.5) is 0 Å². The Kier molecular flexibility index (Phi) is 3.04. The molecule has 1 aliphatic heterocycles. The van der Waals surface area contributed by atoms with Crippen molar-refractivity contribution in [2.24, 2.45) is 0 Å². The summed E-state index contributed by atoms with van der Waals surface area (Å²) in [7, 11) is 0. The molecule has 0 unspecified atom stereocenters. The van der Waals surface area contributed by atoms with Gasteiger partial charge in [0, 0.05) is 28.7 Å². The number of nitrogens with one attached hydrogen (secondary N) is 2. The highest BCUT2D eigenvalue weighted by molar-refractivity contribution is 5.79. The Morgan fingerprint density at radius 1 is 1.32 bits per heavy atom. The number of para-hydroxylation sites is 1. The number of benzene rings is 1. The molecule has 0 bridgehead atoms. The van der Waals surface area contributed by atoms with Gasteiger partial charge in [-0.05, 0) is 19.1 Å². The number of nitrogens with zero attached hydrogens (tertiary/aromatic N) is 3. The summed E-state index contributed by atoms with van der Waals surface area (Å²) in [4.78, 5) is 20.4. The maximum atomic E-state index is 12.5. The molecule has 6 nitrogen and oxygen atoms in total. The van der Waals surface area contributed by atoms with Crippen molar-refractivity contribution in [1.29, 1.82) is 0 Å². The van der Waals surface area contributed by atoms with Gasteiger partial charge in [0.25, 0.3) is 0 Å². The van der Waals surface area contributed by atoms with Gasteiger partial charge < -0.3 is 10.3 Å². The van der Waals surface area contributed by atoms with Gasteiger partial charge >= 0.3 is 0 Å². The van der Waals surface area contributed by atoms with E-state index in [4.69, 9.17) is 0 Å². The molecule has 0 fully saturated rings. The topological polar surface area (TPSA) is 75.6 Å². The molecular formula is C16H17N5O. The fourth-order valence-corrected chi connectivity index (χ4v) is 2.92. The fraction of sp³-hybridized carbons (Fsp3) is 0.312. The predicted molar refractivity (Wildman–Crippen MR) is 83.8 cm³/mol. The van der Waals surface area contributed by atoms with Crippen molar-refractivity contribution in [1.82, 2.24) is 25.1 Å². The third kappa shape index (κ3) is 2.12. The third-order valence-electron chi connectivity index (χ3n) is 4.16. The van der Waals surface area contributed by atoms with Crippen LogP contribution in [0.25, 0.3) is 10.9 Å². The summed E-state index contributed by atoms with van der Waals surface area (Å²) < 4.78 is 1.94. The molecule has 0 amide bonds. The summed E-state index contributed by atoms with van der Waals surface area (Å²) in [5, 5.41) is 8.55. The quantitative estimate of drug-likeness (QED) is 0.743. The highest BCUT2D eigenvalue weighted by Gasteiger charge is 2.15. The zero-order valence-corrected chi connectivity index (χ0v) is 12.4. The Morgan fingerprint density at radius 2 is 2.18 bits per heavy atom. The molecule has 4 rings (SSSR count). The first-order valence-electron chi connectivity index (χ1n) is 7.46. The van der Waals surface area contributed by atoms with Crippen LogP contribution in [0.3, 0.4) is 0 Å². The predicted octanol–water partition coefficient (Wildman–Crippen LogP) is 1.12. The number of fused-ring (bicyclic) bond motifs is 2. The van der Waals surface area contributed by atoms with Crippen LogP contribution in [-0.4, -0.2) is 26.3 Å². The first-order valence-corrected chi connectivity index (χ1v) is 7.46. The number of pyridine rings is 1. The van der Waals surface area contributed by atoms with E-state index in [0.717, 1.165) is 53.4 Å². The maximum Gasteiger partial charge on any atom is 0.192 e. The molecule has 0 spiro atoms. The molecule has 3 aromatic rings. The molecule has 0 radical (unpaired) electrons. The molecule has 1 aliphatic rings. The van der Waals surface area contributed by atoms with Crippen LogP contribution in [0, 0.1) is 6.92 Å².